The lowest BCUT2D eigenvalue weighted by atomic mass is 9.95. The molecule has 0 saturated carbocycles. The van der Waals surface area contributed by atoms with Crippen LogP contribution in [0.5, 0.6) is 0 Å². The van der Waals surface area contributed by atoms with Crippen LogP contribution in [0.2, 0.25) is 5.02 Å². The Bertz CT molecular complexity index is 463. The molecule has 0 radical (unpaired) electrons. The SMILES string of the molecule is O=C(O)C(CCCOCC(F)(F)F)Cc1ccccc1Cl. The minimum atomic E-state index is -4.36. The Hall–Kier alpha value is -1.27. The number of ether oxygens (including phenoxy) is 1. The van der Waals surface area contributed by atoms with Gasteiger partial charge in [-0.25, -0.2) is 0 Å². The molecule has 0 saturated heterocycles. The highest BCUT2D eigenvalue weighted by atomic mass is 35.5. The van der Waals surface area contributed by atoms with Gasteiger partial charge in [0.05, 0.1) is 5.92 Å². The molecule has 1 N–H and O–H groups in total. The lowest BCUT2D eigenvalue weighted by molar-refractivity contribution is -0.174. The van der Waals surface area contributed by atoms with Gasteiger partial charge in [-0.1, -0.05) is 29.8 Å². The lowest BCUT2D eigenvalue weighted by Crippen LogP contribution is -2.19. The van der Waals surface area contributed by atoms with Crippen LogP contribution in [0.15, 0.2) is 24.3 Å². The molecule has 0 fully saturated rings. The van der Waals surface area contributed by atoms with Gasteiger partial charge in [0.25, 0.3) is 0 Å². The van der Waals surface area contributed by atoms with Gasteiger partial charge in [-0.2, -0.15) is 13.2 Å². The molecule has 118 valence electrons. The van der Waals surface area contributed by atoms with Crippen LogP contribution in [0.4, 0.5) is 13.2 Å². The van der Waals surface area contributed by atoms with Crippen LogP contribution in [0, 0.1) is 5.92 Å². The highest BCUT2D eigenvalue weighted by molar-refractivity contribution is 6.31. The molecule has 0 heterocycles. The molecule has 0 amide bonds. The third-order valence-electron chi connectivity index (χ3n) is 2.88. The van der Waals surface area contributed by atoms with Gasteiger partial charge in [0, 0.05) is 11.6 Å². The summed E-state index contributed by atoms with van der Waals surface area (Å²) in [6.07, 6.45) is -3.63. The number of hydrogen-bond acceptors (Lipinski definition) is 2. The van der Waals surface area contributed by atoms with Crippen molar-refractivity contribution in [1.29, 1.82) is 0 Å². The van der Waals surface area contributed by atoms with E-state index in [1.165, 1.54) is 0 Å². The molecular formula is C14H16ClF3O3. The van der Waals surface area contributed by atoms with Crippen molar-refractivity contribution in [1.82, 2.24) is 0 Å². The molecule has 0 spiro atoms. The molecule has 1 aromatic carbocycles. The molecule has 21 heavy (non-hydrogen) atoms. The van der Waals surface area contributed by atoms with Gasteiger partial charge in [-0.15, -0.1) is 0 Å². The third-order valence-corrected chi connectivity index (χ3v) is 3.25. The molecule has 0 aromatic heterocycles. The van der Waals surface area contributed by atoms with E-state index in [4.69, 9.17) is 16.7 Å². The van der Waals surface area contributed by atoms with E-state index in [0.717, 1.165) is 0 Å². The zero-order valence-electron chi connectivity index (χ0n) is 11.2. The number of carbonyl (C=O) groups is 1. The summed E-state index contributed by atoms with van der Waals surface area (Å²) in [6.45, 7) is -1.43. The Kier molecular flexibility index (Phi) is 6.98. The molecule has 7 heteroatoms. The fourth-order valence-corrected chi connectivity index (χ4v) is 2.07. The summed E-state index contributed by atoms with van der Waals surface area (Å²) in [5.74, 6) is -1.69. The van der Waals surface area contributed by atoms with E-state index in [1.807, 2.05) is 0 Å². The third kappa shape index (κ3) is 7.34. The summed E-state index contributed by atoms with van der Waals surface area (Å²) in [5, 5.41) is 9.63. The normalized spacial score (nSPS) is 13.1. The van der Waals surface area contributed by atoms with Crippen LogP contribution in [0.1, 0.15) is 18.4 Å². The second-order valence-electron chi connectivity index (χ2n) is 4.64. The minimum Gasteiger partial charge on any atom is -0.481 e. The van der Waals surface area contributed by atoms with E-state index >= 15 is 0 Å². The van der Waals surface area contributed by atoms with Crippen molar-refractivity contribution in [3.8, 4) is 0 Å². The number of hydrogen-bond donors (Lipinski definition) is 1. The van der Waals surface area contributed by atoms with Crippen molar-refractivity contribution >= 4 is 17.6 Å². The maximum Gasteiger partial charge on any atom is 0.411 e. The van der Waals surface area contributed by atoms with Crippen LogP contribution < -0.4 is 0 Å². The molecule has 0 aliphatic carbocycles. The smallest absolute Gasteiger partial charge is 0.411 e. The zero-order valence-corrected chi connectivity index (χ0v) is 12.0. The van der Waals surface area contributed by atoms with E-state index in [-0.39, 0.29) is 25.9 Å². The van der Waals surface area contributed by atoms with Crippen molar-refractivity contribution in [3.63, 3.8) is 0 Å². The number of carboxylic acids is 1. The number of rotatable bonds is 8. The monoisotopic (exact) mass is 324 g/mol. The summed E-state index contributed by atoms with van der Waals surface area (Å²) >= 11 is 5.96. The first-order valence-electron chi connectivity index (χ1n) is 6.40. The van der Waals surface area contributed by atoms with Crippen molar-refractivity contribution < 1.29 is 27.8 Å². The quantitative estimate of drug-likeness (QED) is 0.737. The second-order valence-corrected chi connectivity index (χ2v) is 5.05. The summed E-state index contributed by atoms with van der Waals surface area (Å²) in [7, 11) is 0. The molecule has 0 aliphatic rings. The first-order chi connectivity index (χ1) is 9.79. The Morgan fingerprint density at radius 2 is 2.00 bits per heavy atom. The van der Waals surface area contributed by atoms with Crippen molar-refractivity contribution in [2.45, 2.75) is 25.4 Å². The van der Waals surface area contributed by atoms with E-state index in [9.17, 15) is 18.0 Å². The Labute approximate surface area is 125 Å². The number of aliphatic carboxylic acids is 1. The molecule has 1 rings (SSSR count). The highest BCUT2D eigenvalue weighted by Gasteiger charge is 2.27. The largest absolute Gasteiger partial charge is 0.481 e. The maximum atomic E-state index is 11.9. The Balaban J connectivity index is 2.41. The Morgan fingerprint density at radius 1 is 1.33 bits per heavy atom. The van der Waals surface area contributed by atoms with Crippen LogP contribution in [-0.4, -0.2) is 30.5 Å². The average Bonchev–Trinajstić information content (AvgIpc) is 2.37. The first kappa shape index (κ1) is 17.8. The van der Waals surface area contributed by atoms with Crippen molar-refractivity contribution in [3.05, 3.63) is 34.9 Å². The molecular weight excluding hydrogens is 309 g/mol. The molecule has 0 bridgehead atoms. The second kappa shape index (κ2) is 8.24. The standard InChI is InChI=1S/C14H16ClF3O3/c15-12-6-2-1-4-10(12)8-11(13(19)20)5-3-7-21-9-14(16,17)18/h1-2,4,6,11H,3,5,7-9H2,(H,19,20). The molecule has 3 nitrogen and oxygen atoms in total. The Morgan fingerprint density at radius 3 is 2.57 bits per heavy atom. The van der Waals surface area contributed by atoms with Crippen LogP contribution in [-0.2, 0) is 16.0 Å². The molecule has 0 aliphatic heterocycles. The van der Waals surface area contributed by atoms with Gasteiger partial charge >= 0.3 is 12.1 Å². The number of halogens is 4. The molecule has 1 unspecified atom stereocenters. The van der Waals surface area contributed by atoms with E-state index in [1.54, 1.807) is 24.3 Å². The fraction of sp³-hybridized carbons (Fsp3) is 0.500. The summed E-state index contributed by atoms with van der Waals surface area (Å²) < 4.78 is 40.1. The van der Waals surface area contributed by atoms with Gasteiger partial charge in [-0.3, -0.25) is 4.79 Å². The van der Waals surface area contributed by atoms with Gasteiger partial charge in [-0.05, 0) is 30.9 Å². The maximum absolute atomic E-state index is 11.9. The molecule has 1 aromatic rings. The molecule has 1 atom stereocenters. The summed E-state index contributed by atoms with van der Waals surface area (Å²) in [5.41, 5.74) is 0.711. The van der Waals surface area contributed by atoms with Crippen LogP contribution in [0.3, 0.4) is 0 Å². The predicted octanol–water partition coefficient (Wildman–Crippen LogP) is 3.94. The minimum absolute atomic E-state index is 0.119. The van der Waals surface area contributed by atoms with E-state index in [2.05, 4.69) is 4.74 Å². The van der Waals surface area contributed by atoms with Crippen LogP contribution in [0.25, 0.3) is 0 Å². The van der Waals surface area contributed by atoms with E-state index < -0.39 is 24.7 Å². The highest BCUT2D eigenvalue weighted by Crippen LogP contribution is 2.22. The number of benzene rings is 1. The predicted molar refractivity (Wildman–Crippen MR) is 72.4 cm³/mol. The van der Waals surface area contributed by atoms with Crippen molar-refractivity contribution in [2.75, 3.05) is 13.2 Å². The summed E-state index contributed by atoms with van der Waals surface area (Å²) in [4.78, 5) is 11.2. The van der Waals surface area contributed by atoms with E-state index in [0.29, 0.717) is 10.6 Å². The topological polar surface area (TPSA) is 46.5 Å². The average molecular weight is 325 g/mol. The first-order valence-corrected chi connectivity index (χ1v) is 6.78. The van der Waals surface area contributed by atoms with Crippen molar-refractivity contribution in [2.24, 2.45) is 5.92 Å². The van der Waals surface area contributed by atoms with Gasteiger partial charge < -0.3 is 9.84 Å². The van der Waals surface area contributed by atoms with Gasteiger partial charge in [0.2, 0.25) is 0 Å². The van der Waals surface area contributed by atoms with Crippen LogP contribution >= 0.6 is 11.6 Å². The number of alkyl halides is 3. The zero-order chi connectivity index (χ0) is 15.9. The fourth-order valence-electron chi connectivity index (χ4n) is 1.86. The van der Waals surface area contributed by atoms with Gasteiger partial charge in [0.1, 0.15) is 6.61 Å². The lowest BCUT2D eigenvalue weighted by Gasteiger charge is -2.14. The summed E-state index contributed by atoms with van der Waals surface area (Å²) in [6, 6.07) is 6.90. The number of carboxylic acid groups (broad SMARTS) is 1. The van der Waals surface area contributed by atoms with Gasteiger partial charge in [0.15, 0.2) is 0 Å².